The summed E-state index contributed by atoms with van der Waals surface area (Å²) in [6.07, 6.45) is 1.12. The van der Waals surface area contributed by atoms with E-state index in [1.165, 1.54) is 0 Å². The van der Waals surface area contributed by atoms with Gasteiger partial charge in [-0.15, -0.1) is 0 Å². The van der Waals surface area contributed by atoms with Gasteiger partial charge in [-0.1, -0.05) is 0 Å². The van der Waals surface area contributed by atoms with E-state index in [2.05, 4.69) is 9.97 Å². The van der Waals surface area contributed by atoms with Crippen LogP contribution in [0, 0.1) is 11.6 Å². The van der Waals surface area contributed by atoms with Crippen molar-refractivity contribution >= 4 is 11.8 Å². The fourth-order valence-electron chi connectivity index (χ4n) is 1.58. The van der Waals surface area contributed by atoms with Crippen molar-refractivity contribution in [1.82, 2.24) is 9.97 Å². The predicted octanol–water partition coefficient (Wildman–Crippen LogP) is 1.63. The van der Waals surface area contributed by atoms with E-state index in [1.807, 2.05) is 0 Å². The maximum Gasteiger partial charge on any atom is 0.341 e. The van der Waals surface area contributed by atoms with Gasteiger partial charge in [-0.05, 0) is 17.7 Å². The molecule has 0 unspecified atom stereocenters. The molecule has 0 saturated carbocycles. The van der Waals surface area contributed by atoms with Crippen LogP contribution in [-0.4, -0.2) is 21.0 Å². The number of rotatable bonds is 3. The molecule has 0 atom stereocenters. The van der Waals surface area contributed by atoms with Crippen LogP contribution in [0.1, 0.15) is 21.7 Å². The van der Waals surface area contributed by atoms with Crippen molar-refractivity contribution < 1.29 is 18.7 Å². The largest absolute Gasteiger partial charge is 0.477 e. The van der Waals surface area contributed by atoms with Crippen LogP contribution in [-0.2, 0) is 6.42 Å². The van der Waals surface area contributed by atoms with Crippen molar-refractivity contribution in [1.29, 1.82) is 0 Å². The third-order valence-corrected chi connectivity index (χ3v) is 2.38. The van der Waals surface area contributed by atoms with Crippen molar-refractivity contribution in [2.75, 3.05) is 5.73 Å². The molecule has 0 saturated heterocycles. The van der Waals surface area contributed by atoms with Gasteiger partial charge in [0.05, 0.1) is 0 Å². The topological polar surface area (TPSA) is 89.1 Å². The summed E-state index contributed by atoms with van der Waals surface area (Å²) in [6, 6.07) is 3.05. The summed E-state index contributed by atoms with van der Waals surface area (Å²) >= 11 is 0. The molecule has 1 aromatic heterocycles. The first-order valence-electron chi connectivity index (χ1n) is 5.25. The van der Waals surface area contributed by atoms with Crippen molar-refractivity contribution in [3.63, 3.8) is 0 Å². The quantitative estimate of drug-likeness (QED) is 0.880. The molecule has 2 rings (SSSR count). The molecule has 0 fully saturated rings. The fourth-order valence-corrected chi connectivity index (χ4v) is 1.58. The lowest BCUT2D eigenvalue weighted by Crippen LogP contribution is -2.08. The third-order valence-electron chi connectivity index (χ3n) is 2.38. The first kappa shape index (κ1) is 12.9. The maximum atomic E-state index is 13.0. The van der Waals surface area contributed by atoms with Gasteiger partial charge < -0.3 is 10.8 Å². The minimum atomic E-state index is -1.24. The standard InChI is InChI=1S/C12H9F2N3O2/c13-7-1-6(2-8(14)4-7)3-10-16-5-9(12(18)19)11(15)17-10/h1-2,4-5H,3H2,(H,18,19)(H2,15,16,17). The monoisotopic (exact) mass is 265 g/mol. The zero-order chi connectivity index (χ0) is 14.0. The highest BCUT2D eigenvalue weighted by molar-refractivity contribution is 5.92. The van der Waals surface area contributed by atoms with E-state index in [-0.39, 0.29) is 23.6 Å². The molecule has 3 N–H and O–H groups in total. The Kier molecular flexibility index (Phi) is 3.37. The van der Waals surface area contributed by atoms with Crippen molar-refractivity contribution in [3.8, 4) is 0 Å². The molecule has 1 aromatic carbocycles. The summed E-state index contributed by atoms with van der Waals surface area (Å²) in [5, 5.41) is 8.76. The van der Waals surface area contributed by atoms with Crippen molar-refractivity contribution in [2.24, 2.45) is 0 Å². The van der Waals surface area contributed by atoms with Gasteiger partial charge in [0.25, 0.3) is 0 Å². The Morgan fingerprint density at radius 1 is 1.26 bits per heavy atom. The summed E-state index contributed by atoms with van der Waals surface area (Å²) in [4.78, 5) is 18.3. The number of carboxylic acid groups (broad SMARTS) is 1. The number of nitrogens with two attached hydrogens (primary N) is 1. The van der Waals surface area contributed by atoms with Crippen LogP contribution >= 0.6 is 0 Å². The van der Waals surface area contributed by atoms with Gasteiger partial charge in [-0.25, -0.2) is 23.5 Å². The van der Waals surface area contributed by atoms with Crippen LogP contribution < -0.4 is 5.73 Å². The minimum Gasteiger partial charge on any atom is -0.477 e. The molecule has 2 aromatic rings. The van der Waals surface area contributed by atoms with Gasteiger partial charge in [0, 0.05) is 18.7 Å². The number of nitrogen functional groups attached to an aromatic ring is 1. The second kappa shape index (κ2) is 4.97. The third kappa shape index (κ3) is 3.01. The van der Waals surface area contributed by atoms with Crippen LogP contribution in [0.5, 0.6) is 0 Å². The number of hydrogen-bond donors (Lipinski definition) is 2. The molecule has 0 aliphatic rings. The van der Waals surface area contributed by atoms with Gasteiger partial charge >= 0.3 is 5.97 Å². The van der Waals surface area contributed by atoms with Crippen LogP contribution in [0.3, 0.4) is 0 Å². The van der Waals surface area contributed by atoms with Crippen LogP contribution in [0.4, 0.5) is 14.6 Å². The zero-order valence-electron chi connectivity index (χ0n) is 9.60. The van der Waals surface area contributed by atoms with E-state index in [0.717, 1.165) is 24.4 Å². The Morgan fingerprint density at radius 2 is 1.89 bits per heavy atom. The molecule has 7 heteroatoms. The number of carboxylic acids is 1. The number of aromatic nitrogens is 2. The van der Waals surface area contributed by atoms with E-state index in [0.29, 0.717) is 5.56 Å². The lowest BCUT2D eigenvalue weighted by Gasteiger charge is -2.04. The van der Waals surface area contributed by atoms with Gasteiger partial charge in [0.1, 0.15) is 28.8 Å². The Morgan fingerprint density at radius 3 is 2.42 bits per heavy atom. The first-order chi connectivity index (χ1) is 8.95. The highest BCUT2D eigenvalue weighted by Gasteiger charge is 2.11. The molecule has 5 nitrogen and oxygen atoms in total. The molecular formula is C12H9F2N3O2. The lowest BCUT2D eigenvalue weighted by molar-refractivity contribution is 0.0697. The molecular weight excluding hydrogens is 256 g/mol. The second-order valence-electron chi connectivity index (χ2n) is 3.84. The van der Waals surface area contributed by atoms with Crippen LogP contribution in [0.2, 0.25) is 0 Å². The summed E-state index contributed by atoms with van der Waals surface area (Å²) in [7, 11) is 0. The predicted molar refractivity (Wildman–Crippen MR) is 62.6 cm³/mol. The van der Waals surface area contributed by atoms with Crippen molar-refractivity contribution in [2.45, 2.75) is 6.42 Å². The zero-order valence-corrected chi connectivity index (χ0v) is 9.60. The molecule has 1 heterocycles. The molecule has 0 amide bonds. The number of halogens is 2. The fraction of sp³-hybridized carbons (Fsp3) is 0.0833. The van der Waals surface area contributed by atoms with Gasteiger partial charge in [-0.3, -0.25) is 0 Å². The number of carbonyl (C=O) groups is 1. The van der Waals surface area contributed by atoms with E-state index in [9.17, 15) is 13.6 Å². The molecule has 0 aliphatic heterocycles. The first-order valence-corrected chi connectivity index (χ1v) is 5.25. The van der Waals surface area contributed by atoms with Gasteiger partial charge in [0.15, 0.2) is 0 Å². The second-order valence-corrected chi connectivity index (χ2v) is 3.84. The molecule has 98 valence electrons. The van der Waals surface area contributed by atoms with E-state index in [4.69, 9.17) is 10.8 Å². The number of anilines is 1. The molecule has 0 spiro atoms. The van der Waals surface area contributed by atoms with Crippen molar-refractivity contribution in [3.05, 3.63) is 53.0 Å². The summed E-state index contributed by atoms with van der Waals surface area (Å²) in [5.41, 5.74) is 5.58. The summed E-state index contributed by atoms with van der Waals surface area (Å²) in [6.45, 7) is 0. The van der Waals surface area contributed by atoms with E-state index < -0.39 is 17.6 Å². The Labute approximate surface area is 106 Å². The Bertz CT molecular complexity index is 627. The highest BCUT2D eigenvalue weighted by Crippen LogP contribution is 2.13. The van der Waals surface area contributed by atoms with Gasteiger partial charge in [-0.2, -0.15) is 0 Å². The Hall–Kier alpha value is -2.57. The number of nitrogens with zero attached hydrogens (tertiary/aromatic N) is 2. The highest BCUT2D eigenvalue weighted by atomic mass is 19.1. The maximum absolute atomic E-state index is 13.0. The number of benzene rings is 1. The Balaban J connectivity index is 2.28. The number of hydrogen-bond acceptors (Lipinski definition) is 4. The van der Waals surface area contributed by atoms with Crippen LogP contribution in [0.25, 0.3) is 0 Å². The lowest BCUT2D eigenvalue weighted by atomic mass is 10.1. The SMILES string of the molecule is Nc1nc(Cc2cc(F)cc(F)c2)ncc1C(=O)O. The van der Waals surface area contributed by atoms with E-state index >= 15 is 0 Å². The minimum absolute atomic E-state index is 0.0543. The average Bonchev–Trinajstić information content (AvgIpc) is 2.26. The smallest absolute Gasteiger partial charge is 0.341 e. The molecule has 0 aliphatic carbocycles. The average molecular weight is 265 g/mol. The van der Waals surface area contributed by atoms with Crippen LogP contribution in [0.15, 0.2) is 24.4 Å². The number of aromatic carboxylic acids is 1. The normalized spacial score (nSPS) is 10.4. The molecule has 0 radical (unpaired) electrons. The molecule has 19 heavy (non-hydrogen) atoms. The van der Waals surface area contributed by atoms with Gasteiger partial charge in [0.2, 0.25) is 0 Å². The summed E-state index contributed by atoms with van der Waals surface area (Å²) < 4.78 is 26.0. The molecule has 0 bridgehead atoms. The van der Waals surface area contributed by atoms with E-state index in [1.54, 1.807) is 0 Å². The summed E-state index contributed by atoms with van der Waals surface area (Å²) in [5.74, 6) is -2.64.